The van der Waals surface area contributed by atoms with Gasteiger partial charge < -0.3 is 4.43 Å². The van der Waals surface area contributed by atoms with E-state index < -0.39 is 8.32 Å². The van der Waals surface area contributed by atoms with E-state index in [4.69, 9.17) is 4.43 Å². The molecule has 0 N–H and O–H groups in total. The van der Waals surface area contributed by atoms with Gasteiger partial charge in [0.25, 0.3) is 0 Å². The van der Waals surface area contributed by atoms with E-state index >= 15 is 0 Å². The first kappa shape index (κ1) is 22.5. The van der Waals surface area contributed by atoms with Gasteiger partial charge in [-0.2, -0.15) is 0 Å². The highest BCUT2D eigenvalue weighted by Crippen LogP contribution is 2.66. The maximum Gasteiger partial charge on any atom is 0.192 e. The van der Waals surface area contributed by atoms with Crippen LogP contribution in [0.5, 0.6) is 0 Å². The minimum Gasteiger partial charge on any atom is -0.414 e. The second kappa shape index (κ2) is 7.17. The first-order valence-electron chi connectivity index (χ1n) is 12.1. The van der Waals surface area contributed by atoms with E-state index in [9.17, 15) is 4.79 Å². The van der Waals surface area contributed by atoms with Crippen LogP contribution in [0.3, 0.4) is 0 Å². The third-order valence-electron chi connectivity index (χ3n) is 10.6. The molecule has 4 aliphatic rings. The fourth-order valence-electron chi connectivity index (χ4n) is 7.64. The second-order valence-corrected chi connectivity index (χ2v) is 18.8. The lowest BCUT2D eigenvalue weighted by atomic mass is 9.45. The molecule has 0 amide bonds. The van der Waals surface area contributed by atoms with E-state index in [1.807, 2.05) is 0 Å². The summed E-state index contributed by atoms with van der Waals surface area (Å²) in [6, 6.07) is 0. The molecule has 0 aromatic heterocycles. The predicted molar refractivity (Wildman–Crippen MR) is 127 cm³/mol. The second-order valence-electron chi connectivity index (χ2n) is 13.0. The van der Waals surface area contributed by atoms with E-state index in [-0.39, 0.29) is 16.4 Å². The van der Waals surface area contributed by atoms with Crippen molar-refractivity contribution in [2.75, 3.05) is 0 Å². The fourth-order valence-corrected chi connectivity index (χ4v) is 9.88. The largest absolute Gasteiger partial charge is 0.414 e. The van der Waals surface area contributed by atoms with Gasteiger partial charge >= 0.3 is 0 Å². The molecular weight excluding hydrogens is 440 g/mol. The summed E-state index contributed by atoms with van der Waals surface area (Å²) < 4.78 is 6.80. The Labute approximate surface area is 188 Å². The number of rotatable bonds is 2. The lowest BCUT2D eigenvalue weighted by molar-refractivity contribution is -0.156. The summed E-state index contributed by atoms with van der Waals surface area (Å²) in [5.41, 5.74) is 0.617. The molecule has 4 saturated carbocycles. The van der Waals surface area contributed by atoms with Crippen molar-refractivity contribution in [1.29, 1.82) is 0 Å². The number of fused-ring (bicyclic) bond motifs is 5. The Balaban J connectivity index is 1.54. The van der Waals surface area contributed by atoms with Crippen LogP contribution in [0.1, 0.15) is 86.0 Å². The van der Waals surface area contributed by atoms with Crippen LogP contribution in [0, 0.1) is 34.5 Å². The zero-order chi connectivity index (χ0) is 21.4. The number of carbonyl (C=O) groups is 1. The summed E-state index contributed by atoms with van der Waals surface area (Å²) in [4.78, 5) is 14.2. The van der Waals surface area contributed by atoms with Crippen LogP contribution < -0.4 is 0 Å². The molecule has 0 bridgehead atoms. The monoisotopic (exact) mass is 482 g/mol. The molecule has 0 heterocycles. The van der Waals surface area contributed by atoms with Crippen LogP contribution in [-0.2, 0) is 9.22 Å². The Morgan fingerprint density at radius 3 is 2.28 bits per heavy atom. The van der Waals surface area contributed by atoms with Crippen LogP contribution >= 0.6 is 15.9 Å². The van der Waals surface area contributed by atoms with Gasteiger partial charge in [-0.3, -0.25) is 4.79 Å². The number of carbonyl (C=O) groups excluding carboxylic acids is 1. The van der Waals surface area contributed by atoms with E-state index in [1.54, 1.807) is 0 Å². The smallest absolute Gasteiger partial charge is 0.192 e. The maximum atomic E-state index is 13.5. The number of halogens is 1. The van der Waals surface area contributed by atoms with Crippen molar-refractivity contribution in [3.63, 3.8) is 0 Å². The molecule has 0 aromatic rings. The minimum atomic E-state index is -1.78. The lowest BCUT2D eigenvalue weighted by Gasteiger charge is -2.60. The van der Waals surface area contributed by atoms with Crippen molar-refractivity contribution in [1.82, 2.24) is 0 Å². The summed E-state index contributed by atoms with van der Waals surface area (Å²) in [6.07, 6.45) is 9.74. The highest BCUT2D eigenvalue weighted by Gasteiger charge is 2.62. The first-order chi connectivity index (χ1) is 13.3. The molecule has 4 aliphatic carbocycles. The molecule has 0 unspecified atom stereocenters. The maximum absolute atomic E-state index is 13.5. The van der Waals surface area contributed by atoms with Gasteiger partial charge in [-0.25, -0.2) is 0 Å². The van der Waals surface area contributed by atoms with Gasteiger partial charge in [-0.05, 0) is 91.7 Å². The quantitative estimate of drug-likeness (QED) is 0.303. The Morgan fingerprint density at radius 1 is 1.00 bits per heavy atom. The third kappa shape index (κ3) is 3.46. The van der Waals surface area contributed by atoms with Crippen LogP contribution in [-0.4, -0.2) is 25.0 Å². The van der Waals surface area contributed by atoms with Gasteiger partial charge in [0, 0.05) is 23.3 Å². The van der Waals surface area contributed by atoms with Gasteiger partial charge in [-0.15, -0.1) is 0 Å². The summed E-state index contributed by atoms with van der Waals surface area (Å²) in [7, 11) is -1.78. The average molecular weight is 484 g/mol. The Morgan fingerprint density at radius 2 is 1.62 bits per heavy atom. The lowest BCUT2D eigenvalue weighted by Crippen LogP contribution is -2.58. The number of hydrogen-bond donors (Lipinski definition) is 0. The average Bonchev–Trinajstić information content (AvgIpc) is 2.90. The van der Waals surface area contributed by atoms with Gasteiger partial charge in [-0.1, -0.05) is 50.5 Å². The van der Waals surface area contributed by atoms with Gasteiger partial charge in [0.15, 0.2) is 8.32 Å². The molecular formula is C25H43BrO2Si. The Hall–Kier alpha value is 0.327. The van der Waals surface area contributed by atoms with Crippen LogP contribution in [0.4, 0.5) is 0 Å². The van der Waals surface area contributed by atoms with Crippen molar-refractivity contribution in [2.24, 2.45) is 34.5 Å². The van der Waals surface area contributed by atoms with E-state index in [0.717, 1.165) is 31.1 Å². The number of Topliss-reactive ketones (excluding diaryl/α,β-unsaturated/α-hetero) is 1. The SMILES string of the molecule is CC(C)(C)[Si](C)(C)O[C@H]1CC[C@@]2(C)[C@H](C1)C(=O)C[C@@H]1[C@@H]2CC[C@]2(C)[C@@H](Br)CC[C@@H]12. The first-order valence-corrected chi connectivity index (χ1v) is 16.0. The van der Waals surface area contributed by atoms with Crippen LogP contribution in [0.15, 0.2) is 0 Å². The summed E-state index contributed by atoms with van der Waals surface area (Å²) >= 11 is 4.00. The molecule has 0 radical (unpaired) electrons. The summed E-state index contributed by atoms with van der Waals surface area (Å²) in [6.45, 7) is 16.7. The molecule has 4 heteroatoms. The molecule has 8 atom stereocenters. The van der Waals surface area contributed by atoms with Gasteiger partial charge in [0.1, 0.15) is 5.78 Å². The molecule has 166 valence electrons. The van der Waals surface area contributed by atoms with Crippen LogP contribution in [0.2, 0.25) is 18.1 Å². The highest BCUT2D eigenvalue weighted by molar-refractivity contribution is 9.09. The van der Waals surface area contributed by atoms with E-state index in [2.05, 4.69) is 63.6 Å². The molecule has 0 spiro atoms. The number of hydrogen-bond acceptors (Lipinski definition) is 2. The molecule has 4 rings (SSSR count). The number of alkyl halides is 1. The zero-order valence-corrected chi connectivity index (χ0v) is 22.4. The van der Waals surface area contributed by atoms with Crippen molar-refractivity contribution in [3.05, 3.63) is 0 Å². The predicted octanol–water partition coefficient (Wildman–Crippen LogP) is 7.36. The van der Waals surface area contributed by atoms with E-state index in [0.29, 0.717) is 28.0 Å². The van der Waals surface area contributed by atoms with Crippen molar-refractivity contribution < 1.29 is 9.22 Å². The Bertz CT molecular complexity index is 670. The standard InChI is InChI=1S/C25H43BrO2Si/c1-23(2,3)29(6,7)28-16-10-12-24(4)19-11-13-25(5)18(8-9-22(25)26)17(19)15-21(27)20(24)14-16/h16-20,22H,8-15H2,1-7H3/t16-,17-,18-,19-,20+,22-,24+,25-/m0/s1. The van der Waals surface area contributed by atoms with Crippen molar-refractivity contribution >= 4 is 30.0 Å². The zero-order valence-electron chi connectivity index (χ0n) is 19.8. The molecule has 2 nitrogen and oxygen atoms in total. The molecule has 4 fully saturated rings. The van der Waals surface area contributed by atoms with Crippen molar-refractivity contribution in [3.8, 4) is 0 Å². The molecule has 0 aromatic carbocycles. The molecule has 0 saturated heterocycles. The minimum absolute atomic E-state index is 0.207. The highest BCUT2D eigenvalue weighted by atomic mass is 79.9. The normalized spacial score (nSPS) is 48.1. The molecule has 29 heavy (non-hydrogen) atoms. The summed E-state index contributed by atoms with van der Waals surface area (Å²) in [5, 5.41) is 0.234. The summed E-state index contributed by atoms with van der Waals surface area (Å²) in [5.74, 6) is 2.92. The van der Waals surface area contributed by atoms with Crippen molar-refractivity contribution in [2.45, 2.75) is 115 Å². The molecule has 0 aliphatic heterocycles. The Kier molecular flexibility index (Phi) is 5.57. The van der Waals surface area contributed by atoms with Crippen LogP contribution in [0.25, 0.3) is 0 Å². The fraction of sp³-hybridized carbons (Fsp3) is 0.960. The topological polar surface area (TPSA) is 26.3 Å². The van der Waals surface area contributed by atoms with Gasteiger partial charge in [0.05, 0.1) is 0 Å². The number of ketones is 1. The van der Waals surface area contributed by atoms with E-state index in [1.165, 1.54) is 32.1 Å². The van der Waals surface area contributed by atoms with Gasteiger partial charge in [0.2, 0.25) is 0 Å². The third-order valence-corrected chi connectivity index (χ3v) is 16.6.